The predicted octanol–water partition coefficient (Wildman–Crippen LogP) is 1.52. The van der Waals surface area contributed by atoms with Crippen LogP contribution >= 0.6 is 0 Å². The third-order valence-corrected chi connectivity index (χ3v) is 6.55. The second-order valence-corrected chi connectivity index (χ2v) is 10.2. The van der Waals surface area contributed by atoms with Gasteiger partial charge in [0.15, 0.2) is 0 Å². The van der Waals surface area contributed by atoms with Crippen LogP contribution in [0.4, 0.5) is 4.79 Å². The van der Waals surface area contributed by atoms with E-state index in [1.807, 2.05) is 48.5 Å². The zero-order chi connectivity index (χ0) is 32.9. The Balaban J connectivity index is 1.52. The molecular weight excluding hydrogens is 580 g/mol. The first kappa shape index (κ1) is 33.8. The Morgan fingerprint density at radius 1 is 0.800 bits per heavy atom. The summed E-state index contributed by atoms with van der Waals surface area (Å²) >= 11 is 0. The number of fused-ring (bicyclic) bond motifs is 1. The molecule has 0 saturated carbocycles. The molecule has 45 heavy (non-hydrogen) atoms. The van der Waals surface area contributed by atoms with Crippen molar-refractivity contribution >= 4 is 46.4 Å². The van der Waals surface area contributed by atoms with Gasteiger partial charge < -0.3 is 26.0 Å². The highest BCUT2D eigenvalue weighted by atomic mass is 16.5. The molecule has 13 nitrogen and oxygen atoms in total. The number of carbonyl (C=O) groups is 6. The molecule has 13 heteroatoms. The number of hydrazine groups is 1. The Bertz CT molecular complexity index is 1570. The summed E-state index contributed by atoms with van der Waals surface area (Å²) in [4.78, 5) is 75.9. The SMILES string of the molecule is CC(NC(=O)OCc1ccccc1)C(=O)NC(C)C(=O)NN(CC(N)=O)C(=O)/C=C/C(=O)N(C)Cc1cccc2ccccc12. The minimum absolute atomic E-state index is 0.00406. The monoisotopic (exact) mass is 616 g/mol. The predicted molar refractivity (Wildman–Crippen MR) is 165 cm³/mol. The molecule has 0 aromatic heterocycles. The third-order valence-electron chi connectivity index (χ3n) is 6.55. The molecule has 0 aliphatic heterocycles. The lowest BCUT2D eigenvalue weighted by molar-refractivity contribution is -0.142. The topological polar surface area (TPSA) is 180 Å². The van der Waals surface area contributed by atoms with E-state index in [1.165, 1.54) is 18.7 Å². The van der Waals surface area contributed by atoms with Gasteiger partial charge in [0.05, 0.1) is 0 Å². The van der Waals surface area contributed by atoms with Crippen molar-refractivity contribution in [2.24, 2.45) is 5.73 Å². The standard InChI is InChI=1S/C32H36N6O7/c1-21(35-32(44)45-20-23-10-5-4-6-11-23)30(42)34-22(2)31(43)36-38(19-27(33)39)29(41)17-16-28(40)37(3)18-25-14-9-13-24-12-7-8-15-26(24)25/h4-17,21-22H,18-20H2,1-3H3,(H2,33,39)(H,34,42)(H,35,44)(H,36,43)/b17-16+. The van der Waals surface area contributed by atoms with Crippen molar-refractivity contribution in [1.82, 2.24) is 26.0 Å². The number of likely N-dealkylation sites (N-methyl/N-ethyl adjacent to an activating group) is 1. The molecule has 3 rings (SSSR count). The van der Waals surface area contributed by atoms with Crippen LogP contribution in [-0.4, -0.2) is 71.2 Å². The van der Waals surface area contributed by atoms with Gasteiger partial charge in [-0.2, -0.15) is 0 Å². The van der Waals surface area contributed by atoms with Crippen LogP contribution in [0.2, 0.25) is 0 Å². The summed E-state index contributed by atoms with van der Waals surface area (Å²) in [6.07, 6.45) is 1.09. The summed E-state index contributed by atoms with van der Waals surface area (Å²) in [7, 11) is 1.57. The number of primary amides is 1. The zero-order valence-electron chi connectivity index (χ0n) is 25.2. The first-order chi connectivity index (χ1) is 21.4. The van der Waals surface area contributed by atoms with Gasteiger partial charge in [-0.3, -0.25) is 29.4 Å². The van der Waals surface area contributed by atoms with E-state index in [-0.39, 0.29) is 13.2 Å². The first-order valence-corrected chi connectivity index (χ1v) is 14.0. The van der Waals surface area contributed by atoms with Crippen LogP contribution in [0.3, 0.4) is 0 Å². The number of benzene rings is 3. The molecule has 3 aromatic carbocycles. The van der Waals surface area contributed by atoms with Crippen molar-refractivity contribution in [2.45, 2.75) is 39.1 Å². The number of carbonyl (C=O) groups excluding carboxylic acids is 6. The summed E-state index contributed by atoms with van der Waals surface area (Å²) < 4.78 is 5.09. The summed E-state index contributed by atoms with van der Waals surface area (Å²) in [5, 5.41) is 7.41. The summed E-state index contributed by atoms with van der Waals surface area (Å²) in [5.41, 5.74) is 9.14. The molecule has 0 heterocycles. The van der Waals surface area contributed by atoms with Crippen molar-refractivity contribution in [3.8, 4) is 0 Å². The second kappa shape index (κ2) is 16.2. The highest BCUT2D eigenvalue weighted by molar-refractivity contribution is 5.99. The fourth-order valence-corrected chi connectivity index (χ4v) is 4.09. The lowest BCUT2D eigenvalue weighted by Gasteiger charge is -2.24. The largest absolute Gasteiger partial charge is 0.445 e. The third kappa shape index (κ3) is 10.5. The average Bonchev–Trinajstić information content (AvgIpc) is 3.02. The molecule has 0 aliphatic rings. The van der Waals surface area contributed by atoms with Gasteiger partial charge in [-0.25, -0.2) is 9.80 Å². The van der Waals surface area contributed by atoms with Gasteiger partial charge >= 0.3 is 6.09 Å². The van der Waals surface area contributed by atoms with Crippen LogP contribution in [0.25, 0.3) is 10.8 Å². The van der Waals surface area contributed by atoms with Crippen molar-refractivity contribution in [2.75, 3.05) is 13.6 Å². The van der Waals surface area contributed by atoms with E-state index in [0.717, 1.165) is 34.1 Å². The molecule has 0 radical (unpaired) electrons. The number of ether oxygens (including phenoxy) is 1. The van der Waals surface area contributed by atoms with E-state index in [1.54, 1.807) is 31.3 Å². The van der Waals surface area contributed by atoms with E-state index in [0.29, 0.717) is 5.01 Å². The smallest absolute Gasteiger partial charge is 0.408 e. The van der Waals surface area contributed by atoms with Gasteiger partial charge in [-0.15, -0.1) is 0 Å². The Kier molecular flexibility index (Phi) is 12.2. The van der Waals surface area contributed by atoms with E-state index in [2.05, 4.69) is 16.1 Å². The molecule has 0 fully saturated rings. The minimum Gasteiger partial charge on any atom is -0.445 e. The van der Waals surface area contributed by atoms with Gasteiger partial charge in [0.1, 0.15) is 25.2 Å². The number of amides is 6. The molecule has 0 aliphatic carbocycles. The maximum absolute atomic E-state index is 12.8. The number of nitrogens with two attached hydrogens (primary N) is 1. The molecule has 236 valence electrons. The highest BCUT2D eigenvalue weighted by Crippen LogP contribution is 2.19. The molecular formula is C32H36N6O7. The molecule has 6 amide bonds. The van der Waals surface area contributed by atoms with E-state index < -0.39 is 54.3 Å². The molecule has 0 spiro atoms. The van der Waals surface area contributed by atoms with Crippen LogP contribution in [0, 0.1) is 0 Å². The van der Waals surface area contributed by atoms with E-state index >= 15 is 0 Å². The maximum Gasteiger partial charge on any atom is 0.408 e. The lowest BCUT2D eigenvalue weighted by Crippen LogP contribution is -2.56. The number of hydrogen-bond acceptors (Lipinski definition) is 7. The fourth-order valence-electron chi connectivity index (χ4n) is 4.09. The number of nitrogens with zero attached hydrogens (tertiary/aromatic N) is 2. The van der Waals surface area contributed by atoms with Crippen LogP contribution in [0.5, 0.6) is 0 Å². The van der Waals surface area contributed by atoms with Gasteiger partial charge in [-0.05, 0) is 35.7 Å². The first-order valence-electron chi connectivity index (χ1n) is 14.0. The normalized spacial score (nSPS) is 12.1. The number of alkyl carbamates (subject to hydrolysis) is 1. The highest BCUT2D eigenvalue weighted by Gasteiger charge is 2.24. The van der Waals surface area contributed by atoms with Crippen molar-refractivity contribution in [3.05, 3.63) is 96.1 Å². The Labute approximate surface area is 260 Å². The molecule has 0 bridgehead atoms. The van der Waals surface area contributed by atoms with Crippen molar-refractivity contribution < 1.29 is 33.5 Å². The van der Waals surface area contributed by atoms with Crippen molar-refractivity contribution in [3.63, 3.8) is 0 Å². The number of rotatable bonds is 12. The van der Waals surface area contributed by atoms with Gasteiger partial charge in [0, 0.05) is 25.7 Å². The Morgan fingerprint density at radius 3 is 2.13 bits per heavy atom. The second-order valence-electron chi connectivity index (χ2n) is 10.2. The minimum atomic E-state index is -1.19. The van der Waals surface area contributed by atoms with E-state index in [4.69, 9.17) is 10.5 Å². The van der Waals surface area contributed by atoms with Crippen LogP contribution in [0.15, 0.2) is 84.9 Å². The summed E-state index contributed by atoms with van der Waals surface area (Å²) in [5.74, 6) is -3.89. The zero-order valence-corrected chi connectivity index (χ0v) is 25.2. The van der Waals surface area contributed by atoms with Crippen LogP contribution in [-0.2, 0) is 41.9 Å². The molecule has 5 N–H and O–H groups in total. The summed E-state index contributed by atoms with van der Waals surface area (Å²) in [6, 6.07) is 20.2. The maximum atomic E-state index is 12.8. The van der Waals surface area contributed by atoms with Crippen LogP contribution in [0.1, 0.15) is 25.0 Å². The van der Waals surface area contributed by atoms with Gasteiger partial charge in [-0.1, -0.05) is 72.8 Å². The van der Waals surface area contributed by atoms with Gasteiger partial charge in [0.2, 0.25) is 17.7 Å². The average molecular weight is 617 g/mol. The lowest BCUT2D eigenvalue weighted by atomic mass is 10.0. The van der Waals surface area contributed by atoms with Crippen molar-refractivity contribution in [1.29, 1.82) is 0 Å². The molecule has 3 aromatic rings. The molecule has 2 atom stereocenters. The van der Waals surface area contributed by atoms with Crippen LogP contribution < -0.4 is 21.8 Å². The number of nitrogens with one attached hydrogen (secondary N) is 3. The van der Waals surface area contributed by atoms with Gasteiger partial charge in [0.25, 0.3) is 11.8 Å². The molecule has 2 unspecified atom stereocenters. The summed E-state index contributed by atoms with van der Waals surface area (Å²) in [6.45, 7) is 2.31. The van der Waals surface area contributed by atoms with E-state index in [9.17, 15) is 28.8 Å². The Hall–Kier alpha value is -5.72. The quantitative estimate of drug-likeness (QED) is 0.176. The fraction of sp³-hybridized carbons (Fsp3) is 0.250. The molecule has 0 saturated heterocycles. The number of hydrogen-bond donors (Lipinski definition) is 4. The Morgan fingerprint density at radius 2 is 1.42 bits per heavy atom.